The molecule has 3 aromatic rings. The highest BCUT2D eigenvalue weighted by molar-refractivity contribution is 7.18. The summed E-state index contributed by atoms with van der Waals surface area (Å²) in [6, 6.07) is 10.4. The number of hydrogen-bond acceptors (Lipinski definition) is 5. The van der Waals surface area contributed by atoms with Crippen LogP contribution in [0.2, 0.25) is 0 Å². The number of benzene rings is 1. The lowest BCUT2D eigenvalue weighted by atomic mass is 10.2. The number of ether oxygens (including phenoxy) is 1. The zero-order valence-corrected chi connectivity index (χ0v) is 14.8. The van der Waals surface area contributed by atoms with Gasteiger partial charge in [-0.25, -0.2) is 0 Å². The van der Waals surface area contributed by atoms with E-state index in [-0.39, 0.29) is 17.4 Å². The highest BCUT2D eigenvalue weighted by Gasteiger charge is 2.17. The molecule has 0 bridgehead atoms. The average molecular weight is 392 g/mol. The summed E-state index contributed by atoms with van der Waals surface area (Å²) in [6.07, 6.45) is 1.39. The molecule has 0 aliphatic rings. The van der Waals surface area contributed by atoms with Crippen molar-refractivity contribution in [3.63, 3.8) is 0 Å². The molecule has 0 saturated carbocycles. The first kappa shape index (κ1) is 18.6. The molecule has 0 aliphatic carbocycles. The van der Waals surface area contributed by atoms with Crippen LogP contribution in [0, 0.1) is 6.92 Å². The second-order valence-corrected chi connectivity index (χ2v) is 6.46. The fourth-order valence-electron chi connectivity index (χ4n) is 2.26. The minimum atomic E-state index is -2.91. The van der Waals surface area contributed by atoms with Gasteiger partial charge in [0.15, 0.2) is 5.76 Å². The third-order valence-corrected chi connectivity index (χ3v) is 4.59. The second-order valence-electron chi connectivity index (χ2n) is 5.41. The minimum absolute atomic E-state index is 0.00164. The summed E-state index contributed by atoms with van der Waals surface area (Å²) < 4.78 is 33.6. The summed E-state index contributed by atoms with van der Waals surface area (Å²) in [5, 5.41) is 5.84. The Labute approximate surface area is 156 Å². The lowest BCUT2D eigenvalue weighted by molar-refractivity contribution is -0.0498. The largest absolute Gasteiger partial charge is 0.459 e. The van der Waals surface area contributed by atoms with E-state index in [4.69, 9.17) is 4.42 Å². The summed E-state index contributed by atoms with van der Waals surface area (Å²) >= 11 is 1.11. The first-order valence-electron chi connectivity index (χ1n) is 7.74. The molecule has 0 aliphatic heterocycles. The van der Waals surface area contributed by atoms with Gasteiger partial charge in [0, 0.05) is 5.69 Å². The summed E-state index contributed by atoms with van der Waals surface area (Å²) in [7, 11) is 0. The quantitative estimate of drug-likeness (QED) is 0.634. The number of furan rings is 1. The SMILES string of the molecule is Cc1cc(NC(=O)c2ccco2)sc1C(=O)Nc1ccc(OC(F)F)cc1. The van der Waals surface area contributed by atoms with Crippen LogP contribution in [0.5, 0.6) is 5.75 Å². The molecule has 0 unspecified atom stereocenters. The number of alkyl halides is 2. The smallest absolute Gasteiger partial charge is 0.387 e. The number of aryl methyl sites for hydroxylation is 1. The van der Waals surface area contributed by atoms with Crippen LogP contribution in [-0.4, -0.2) is 18.4 Å². The normalized spacial score (nSPS) is 10.7. The van der Waals surface area contributed by atoms with Gasteiger partial charge in [0.05, 0.1) is 16.1 Å². The minimum Gasteiger partial charge on any atom is -0.459 e. The van der Waals surface area contributed by atoms with Gasteiger partial charge in [0.25, 0.3) is 11.8 Å². The molecule has 0 radical (unpaired) electrons. The highest BCUT2D eigenvalue weighted by atomic mass is 32.1. The monoisotopic (exact) mass is 392 g/mol. The van der Waals surface area contributed by atoms with Crippen LogP contribution in [-0.2, 0) is 0 Å². The first-order valence-corrected chi connectivity index (χ1v) is 8.55. The molecule has 1 aromatic carbocycles. The molecule has 6 nitrogen and oxygen atoms in total. The van der Waals surface area contributed by atoms with E-state index in [1.165, 1.54) is 36.6 Å². The number of anilines is 2. The van der Waals surface area contributed by atoms with Crippen LogP contribution in [0.15, 0.2) is 53.1 Å². The Bertz CT molecular complexity index is 937. The molecule has 9 heteroatoms. The van der Waals surface area contributed by atoms with Gasteiger partial charge < -0.3 is 19.8 Å². The average Bonchev–Trinajstić information content (AvgIpc) is 3.26. The molecule has 2 amide bonds. The van der Waals surface area contributed by atoms with E-state index < -0.39 is 12.5 Å². The van der Waals surface area contributed by atoms with Crippen molar-refractivity contribution < 1.29 is 27.5 Å². The van der Waals surface area contributed by atoms with Crippen LogP contribution in [0.4, 0.5) is 19.5 Å². The zero-order valence-electron chi connectivity index (χ0n) is 14.0. The van der Waals surface area contributed by atoms with E-state index in [0.717, 1.165) is 11.3 Å². The number of rotatable bonds is 6. The maximum Gasteiger partial charge on any atom is 0.387 e. The first-order chi connectivity index (χ1) is 12.9. The number of carbonyl (C=O) groups excluding carboxylic acids is 2. The topological polar surface area (TPSA) is 80.6 Å². The molecule has 3 rings (SSSR count). The molecule has 2 heterocycles. The van der Waals surface area contributed by atoms with Crippen molar-refractivity contribution in [1.82, 2.24) is 0 Å². The van der Waals surface area contributed by atoms with Crippen LogP contribution >= 0.6 is 11.3 Å². The standard InChI is InChI=1S/C18H14F2N2O4S/c1-10-9-14(22-16(23)13-3-2-8-25-13)27-15(10)17(24)21-11-4-6-12(7-5-11)26-18(19)20/h2-9,18H,1H3,(H,21,24)(H,22,23). The zero-order chi connectivity index (χ0) is 19.4. The number of amides is 2. The molecule has 140 valence electrons. The van der Waals surface area contributed by atoms with Gasteiger partial charge >= 0.3 is 6.61 Å². The summed E-state index contributed by atoms with van der Waals surface area (Å²) in [6.45, 7) is -1.16. The fourth-order valence-corrected chi connectivity index (χ4v) is 3.22. The van der Waals surface area contributed by atoms with E-state index in [1.54, 1.807) is 19.1 Å². The molecule has 2 N–H and O–H groups in total. The van der Waals surface area contributed by atoms with E-state index in [0.29, 0.717) is 21.1 Å². The lowest BCUT2D eigenvalue weighted by Crippen LogP contribution is -2.11. The number of nitrogens with one attached hydrogen (secondary N) is 2. The van der Waals surface area contributed by atoms with Gasteiger partial charge in [0.1, 0.15) is 5.75 Å². The van der Waals surface area contributed by atoms with E-state index in [2.05, 4.69) is 15.4 Å². The van der Waals surface area contributed by atoms with Gasteiger partial charge in [-0.2, -0.15) is 8.78 Å². The van der Waals surface area contributed by atoms with Crippen molar-refractivity contribution in [1.29, 1.82) is 0 Å². The number of halogens is 2. The maximum absolute atomic E-state index is 12.4. The van der Waals surface area contributed by atoms with E-state index in [1.807, 2.05) is 0 Å². The van der Waals surface area contributed by atoms with Crippen molar-refractivity contribution in [2.45, 2.75) is 13.5 Å². The molecule has 0 spiro atoms. The summed E-state index contributed by atoms with van der Waals surface area (Å²) in [5.74, 6) is -0.627. The van der Waals surface area contributed by atoms with Crippen molar-refractivity contribution in [2.24, 2.45) is 0 Å². The van der Waals surface area contributed by atoms with Crippen LogP contribution in [0.3, 0.4) is 0 Å². The molecule has 0 fully saturated rings. The van der Waals surface area contributed by atoms with Gasteiger partial charge in [-0.1, -0.05) is 0 Å². The third kappa shape index (κ3) is 4.70. The fraction of sp³-hybridized carbons (Fsp3) is 0.111. The second kappa shape index (κ2) is 8.00. The van der Waals surface area contributed by atoms with Crippen LogP contribution in [0.1, 0.15) is 25.8 Å². The summed E-state index contributed by atoms with van der Waals surface area (Å²) in [4.78, 5) is 24.9. The molecule has 27 heavy (non-hydrogen) atoms. The maximum atomic E-state index is 12.4. The highest BCUT2D eigenvalue weighted by Crippen LogP contribution is 2.28. The van der Waals surface area contributed by atoms with Gasteiger partial charge in [-0.05, 0) is 55.0 Å². The molecular formula is C18H14F2N2O4S. The Morgan fingerprint density at radius 1 is 1.11 bits per heavy atom. The van der Waals surface area contributed by atoms with Gasteiger partial charge in [-0.15, -0.1) is 11.3 Å². The Hall–Kier alpha value is -3.20. The number of thiophene rings is 1. The lowest BCUT2D eigenvalue weighted by Gasteiger charge is -2.07. The summed E-state index contributed by atoms with van der Waals surface area (Å²) in [5.41, 5.74) is 1.11. The van der Waals surface area contributed by atoms with Crippen molar-refractivity contribution in [3.05, 3.63) is 64.9 Å². The Kier molecular flexibility index (Phi) is 5.51. The number of hydrogen-bond donors (Lipinski definition) is 2. The Morgan fingerprint density at radius 3 is 2.48 bits per heavy atom. The van der Waals surface area contributed by atoms with Crippen molar-refractivity contribution in [2.75, 3.05) is 10.6 Å². The molecule has 2 aromatic heterocycles. The molecule has 0 saturated heterocycles. The molecular weight excluding hydrogens is 378 g/mol. The predicted molar refractivity (Wildman–Crippen MR) is 96.7 cm³/mol. The van der Waals surface area contributed by atoms with E-state index >= 15 is 0 Å². The van der Waals surface area contributed by atoms with Crippen LogP contribution < -0.4 is 15.4 Å². The van der Waals surface area contributed by atoms with Crippen LogP contribution in [0.25, 0.3) is 0 Å². The van der Waals surface area contributed by atoms with Gasteiger partial charge in [0.2, 0.25) is 0 Å². The Morgan fingerprint density at radius 2 is 1.85 bits per heavy atom. The van der Waals surface area contributed by atoms with Crippen molar-refractivity contribution in [3.8, 4) is 5.75 Å². The van der Waals surface area contributed by atoms with Crippen molar-refractivity contribution >= 4 is 33.8 Å². The Balaban J connectivity index is 1.66. The third-order valence-electron chi connectivity index (χ3n) is 3.44. The number of carbonyl (C=O) groups is 2. The molecule has 0 atom stereocenters. The van der Waals surface area contributed by atoms with E-state index in [9.17, 15) is 18.4 Å². The van der Waals surface area contributed by atoms with Gasteiger partial charge in [-0.3, -0.25) is 9.59 Å². The predicted octanol–water partition coefficient (Wildman–Crippen LogP) is 4.76.